The Kier molecular flexibility index (Phi) is 4.41. The first-order valence-corrected chi connectivity index (χ1v) is 5.30. The van der Waals surface area contributed by atoms with Crippen LogP contribution in [0.3, 0.4) is 0 Å². The fraction of sp³-hybridized carbons (Fsp3) is 0.273. The quantitative estimate of drug-likeness (QED) is 0.592. The number of nitrogens with zero attached hydrogens (tertiary/aromatic N) is 2. The summed E-state index contributed by atoms with van der Waals surface area (Å²) in [6.45, 7) is -0.0470. The molecule has 2 N–H and O–H groups in total. The van der Waals surface area contributed by atoms with E-state index >= 15 is 0 Å². The predicted octanol–water partition coefficient (Wildman–Crippen LogP) is 0.475. The Bertz CT molecular complexity index is 529. The molecule has 0 saturated heterocycles. The van der Waals surface area contributed by atoms with Gasteiger partial charge in [-0.3, -0.25) is 14.9 Å². The van der Waals surface area contributed by atoms with Crippen molar-refractivity contribution >= 4 is 23.3 Å². The minimum atomic E-state index is -1.29. The van der Waals surface area contributed by atoms with Crippen LogP contribution in [0.2, 0.25) is 0 Å². The van der Waals surface area contributed by atoms with Crippen LogP contribution in [0.15, 0.2) is 18.2 Å². The van der Waals surface area contributed by atoms with Crippen molar-refractivity contribution in [3.05, 3.63) is 33.9 Å². The van der Waals surface area contributed by atoms with E-state index in [-0.39, 0.29) is 29.4 Å². The van der Waals surface area contributed by atoms with Crippen LogP contribution in [0, 0.1) is 10.1 Å². The van der Waals surface area contributed by atoms with E-state index in [9.17, 15) is 19.7 Å². The monoisotopic (exact) mass is 267 g/mol. The topological polar surface area (TPSA) is 113 Å². The number of aromatic carboxylic acids is 1. The van der Waals surface area contributed by atoms with Gasteiger partial charge in [-0.25, -0.2) is 4.79 Å². The largest absolute Gasteiger partial charge is 0.478 e. The summed E-state index contributed by atoms with van der Waals surface area (Å²) in [5.41, 5.74) is -0.295. The van der Waals surface area contributed by atoms with Crippen molar-refractivity contribution in [1.29, 1.82) is 0 Å². The average Bonchev–Trinajstić information content (AvgIpc) is 2.37. The van der Waals surface area contributed by atoms with Crippen LogP contribution in [-0.4, -0.2) is 42.5 Å². The summed E-state index contributed by atoms with van der Waals surface area (Å²) in [4.78, 5) is 33.7. The van der Waals surface area contributed by atoms with Gasteiger partial charge in [-0.1, -0.05) is 0 Å². The fourth-order valence-electron chi connectivity index (χ4n) is 1.52. The SMILES string of the molecule is CNC(=O)CN(C)c1ccc([N+](=O)[O-])cc1C(=O)O. The molecule has 1 aromatic carbocycles. The van der Waals surface area contributed by atoms with Gasteiger partial charge in [-0.05, 0) is 6.07 Å². The molecule has 0 unspecified atom stereocenters. The molecule has 0 aliphatic heterocycles. The molecule has 0 bridgehead atoms. The van der Waals surface area contributed by atoms with Gasteiger partial charge in [0.25, 0.3) is 5.69 Å². The minimum Gasteiger partial charge on any atom is -0.478 e. The zero-order chi connectivity index (χ0) is 14.6. The van der Waals surface area contributed by atoms with Gasteiger partial charge in [0.15, 0.2) is 0 Å². The highest BCUT2D eigenvalue weighted by Crippen LogP contribution is 2.24. The summed E-state index contributed by atoms with van der Waals surface area (Å²) < 4.78 is 0. The average molecular weight is 267 g/mol. The third-order valence-corrected chi connectivity index (χ3v) is 2.49. The van der Waals surface area contributed by atoms with Crippen molar-refractivity contribution in [2.45, 2.75) is 0 Å². The summed E-state index contributed by atoms with van der Waals surface area (Å²) in [5.74, 6) is -1.58. The Hall–Kier alpha value is -2.64. The van der Waals surface area contributed by atoms with Gasteiger partial charge in [-0.15, -0.1) is 0 Å². The first-order valence-electron chi connectivity index (χ1n) is 5.30. The lowest BCUT2D eigenvalue weighted by atomic mass is 10.1. The third-order valence-electron chi connectivity index (χ3n) is 2.49. The lowest BCUT2D eigenvalue weighted by molar-refractivity contribution is -0.384. The van der Waals surface area contributed by atoms with Crippen molar-refractivity contribution in [1.82, 2.24) is 5.32 Å². The third kappa shape index (κ3) is 3.41. The standard InChI is InChI=1S/C11H13N3O5/c1-12-10(15)6-13(2)9-4-3-7(14(18)19)5-8(9)11(16)17/h3-5H,6H2,1-2H3,(H,12,15)(H,16,17). The number of benzene rings is 1. The van der Waals surface area contributed by atoms with Gasteiger partial charge in [0.2, 0.25) is 5.91 Å². The molecule has 0 saturated carbocycles. The van der Waals surface area contributed by atoms with Crippen LogP contribution >= 0.6 is 0 Å². The van der Waals surface area contributed by atoms with Crippen LogP contribution < -0.4 is 10.2 Å². The molecule has 0 aliphatic carbocycles. The molecule has 19 heavy (non-hydrogen) atoms. The molecule has 8 nitrogen and oxygen atoms in total. The molecule has 0 aromatic heterocycles. The van der Waals surface area contributed by atoms with Crippen molar-refractivity contribution in [2.24, 2.45) is 0 Å². The van der Waals surface area contributed by atoms with E-state index in [2.05, 4.69) is 5.32 Å². The number of carbonyl (C=O) groups is 2. The van der Waals surface area contributed by atoms with Crippen LogP contribution in [0.25, 0.3) is 0 Å². The highest BCUT2D eigenvalue weighted by Gasteiger charge is 2.19. The molecule has 1 aromatic rings. The number of hydrogen-bond acceptors (Lipinski definition) is 5. The number of non-ortho nitro benzene ring substituents is 1. The lowest BCUT2D eigenvalue weighted by Crippen LogP contribution is -2.33. The molecule has 0 fully saturated rings. The Balaban J connectivity index is 3.16. The van der Waals surface area contributed by atoms with Crippen molar-refractivity contribution in [3.8, 4) is 0 Å². The maximum atomic E-state index is 11.2. The zero-order valence-electron chi connectivity index (χ0n) is 10.4. The molecule has 1 rings (SSSR count). The number of hydrogen-bond donors (Lipinski definition) is 2. The van der Waals surface area contributed by atoms with E-state index in [4.69, 9.17) is 5.11 Å². The predicted molar refractivity (Wildman–Crippen MR) is 67.4 cm³/mol. The maximum Gasteiger partial charge on any atom is 0.338 e. The lowest BCUT2D eigenvalue weighted by Gasteiger charge is -2.19. The van der Waals surface area contributed by atoms with Gasteiger partial charge < -0.3 is 15.3 Å². The number of carboxylic acids is 1. The number of carboxylic acid groups (broad SMARTS) is 1. The van der Waals surface area contributed by atoms with Crippen LogP contribution in [-0.2, 0) is 4.79 Å². The number of amides is 1. The number of nitro groups is 1. The summed E-state index contributed by atoms with van der Waals surface area (Å²) in [6.07, 6.45) is 0. The zero-order valence-corrected chi connectivity index (χ0v) is 10.4. The minimum absolute atomic E-state index is 0.0470. The van der Waals surface area contributed by atoms with Gasteiger partial charge in [0.05, 0.1) is 22.7 Å². The molecular formula is C11H13N3O5. The molecular weight excluding hydrogens is 254 g/mol. The summed E-state index contributed by atoms with van der Waals surface area (Å²) in [6, 6.07) is 3.48. The second kappa shape index (κ2) is 5.80. The van der Waals surface area contributed by atoms with E-state index in [1.54, 1.807) is 0 Å². The Labute approximate surface area is 108 Å². The van der Waals surface area contributed by atoms with Gasteiger partial charge in [0.1, 0.15) is 0 Å². The molecule has 0 radical (unpaired) electrons. The van der Waals surface area contributed by atoms with Gasteiger partial charge in [0, 0.05) is 26.2 Å². The summed E-state index contributed by atoms with van der Waals surface area (Å²) >= 11 is 0. The molecule has 102 valence electrons. The number of anilines is 1. The number of rotatable bonds is 5. The molecule has 0 heterocycles. The van der Waals surface area contributed by atoms with E-state index < -0.39 is 10.9 Å². The molecule has 8 heteroatoms. The Morgan fingerprint density at radius 2 is 2.11 bits per heavy atom. The van der Waals surface area contributed by atoms with E-state index in [0.717, 1.165) is 6.07 Å². The number of nitrogens with one attached hydrogen (secondary N) is 1. The second-order valence-corrected chi connectivity index (χ2v) is 3.79. The van der Waals surface area contributed by atoms with Crippen molar-refractivity contribution in [2.75, 3.05) is 25.5 Å². The molecule has 1 amide bonds. The molecule has 0 aliphatic rings. The number of nitro benzene ring substituents is 1. The number of carbonyl (C=O) groups excluding carboxylic acids is 1. The van der Waals surface area contributed by atoms with Crippen molar-refractivity contribution in [3.63, 3.8) is 0 Å². The van der Waals surface area contributed by atoms with E-state index in [0.29, 0.717) is 0 Å². The summed E-state index contributed by atoms with van der Waals surface area (Å²) in [5, 5.41) is 22.1. The molecule has 0 atom stereocenters. The normalized spacial score (nSPS) is 9.79. The smallest absolute Gasteiger partial charge is 0.338 e. The van der Waals surface area contributed by atoms with E-state index in [1.165, 1.54) is 31.1 Å². The first-order chi connectivity index (χ1) is 8.86. The Morgan fingerprint density at radius 3 is 2.58 bits per heavy atom. The number of likely N-dealkylation sites (N-methyl/N-ethyl adjacent to an activating group) is 2. The summed E-state index contributed by atoms with van der Waals surface area (Å²) in [7, 11) is 2.99. The van der Waals surface area contributed by atoms with Gasteiger partial charge in [-0.2, -0.15) is 0 Å². The van der Waals surface area contributed by atoms with Gasteiger partial charge >= 0.3 is 5.97 Å². The Morgan fingerprint density at radius 1 is 1.47 bits per heavy atom. The molecule has 0 spiro atoms. The first kappa shape index (κ1) is 14.4. The highest BCUT2D eigenvalue weighted by molar-refractivity contribution is 5.96. The highest BCUT2D eigenvalue weighted by atomic mass is 16.6. The van der Waals surface area contributed by atoms with Crippen molar-refractivity contribution < 1.29 is 19.6 Å². The van der Waals surface area contributed by atoms with Crippen LogP contribution in [0.1, 0.15) is 10.4 Å². The second-order valence-electron chi connectivity index (χ2n) is 3.79. The van der Waals surface area contributed by atoms with E-state index in [1.807, 2.05) is 0 Å². The van der Waals surface area contributed by atoms with Crippen LogP contribution in [0.5, 0.6) is 0 Å². The van der Waals surface area contributed by atoms with Crippen LogP contribution in [0.4, 0.5) is 11.4 Å². The maximum absolute atomic E-state index is 11.2. The fourth-order valence-corrected chi connectivity index (χ4v) is 1.52.